The van der Waals surface area contributed by atoms with Crippen LogP contribution in [0.25, 0.3) is 0 Å². The van der Waals surface area contributed by atoms with E-state index in [9.17, 15) is 14.4 Å². The summed E-state index contributed by atoms with van der Waals surface area (Å²) < 4.78 is 5.40. The minimum atomic E-state index is -1.21. The summed E-state index contributed by atoms with van der Waals surface area (Å²) in [7, 11) is 1.50. The number of rotatable bonds is 3. The Morgan fingerprint density at radius 1 is 1.06 bits per heavy atom. The number of quaternary nitrogens is 1. The van der Waals surface area contributed by atoms with Gasteiger partial charge < -0.3 is 10.1 Å². The normalized spacial score (nSPS) is 28.8. The van der Waals surface area contributed by atoms with Gasteiger partial charge in [0.05, 0.1) is 31.1 Å². The van der Waals surface area contributed by atoms with E-state index in [4.69, 9.17) is 11.2 Å². The van der Waals surface area contributed by atoms with E-state index < -0.39 is 17.4 Å². The average molecular weight is 416 g/mol. The summed E-state index contributed by atoms with van der Waals surface area (Å²) in [6.07, 6.45) is 5.53. The molecule has 156 valence electrons. The fourth-order valence-electron chi connectivity index (χ4n) is 5.59. The molecule has 7 nitrogen and oxygen atoms in total. The molecule has 2 saturated heterocycles. The zero-order chi connectivity index (χ0) is 21.9. The van der Waals surface area contributed by atoms with Crippen molar-refractivity contribution in [2.75, 3.05) is 23.5 Å². The van der Waals surface area contributed by atoms with E-state index in [0.29, 0.717) is 17.1 Å². The number of carbonyl (C=O) groups is 3. The van der Waals surface area contributed by atoms with Gasteiger partial charge in [-0.1, -0.05) is 36.3 Å². The molecule has 2 aromatic rings. The Bertz CT molecular complexity index is 1170. The number of anilines is 2. The van der Waals surface area contributed by atoms with Gasteiger partial charge in [0, 0.05) is 5.56 Å². The van der Waals surface area contributed by atoms with Crippen molar-refractivity contribution in [2.24, 2.45) is 11.8 Å². The van der Waals surface area contributed by atoms with E-state index in [-0.39, 0.29) is 30.3 Å². The largest absolute Gasteiger partial charge is 0.495 e. The fraction of sp³-hybridized carbons (Fsp3) is 0.292. The van der Waals surface area contributed by atoms with Crippen LogP contribution >= 0.6 is 0 Å². The second kappa shape index (κ2) is 6.69. The third kappa shape index (κ3) is 2.31. The molecule has 0 radical (unpaired) electrons. The highest BCUT2D eigenvalue weighted by molar-refractivity contribution is 6.25. The molecule has 7 heteroatoms. The van der Waals surface area contributed by atoms with E-state index in [1.54, 1.807) is 29.2 Å². The highest BCUT2D eigenvalue weighted by Crippen LogP contribution is 2.52. The molecule has 0 unspecified atom stereocenters. The average Bonchev–Trinajstić information content (AvgIpc) is 3.32. The van der Waals surface area contributed by atoms with Crippen LogP contribution in [-0.4, -0.2) is 37.4 Å². The summed E-state index contributed by atoms with van der Waals surface area (Å²) >= 11 is 0. The van der Waals surface area contributed by atoms with Gasteiger partial charge >= 0.3 is 0 Å². The molecular formula is C24H22N3O4+. The molecule has 2 aromatic carbocycles. The smallest absolute Gasteiger partial charge is 0.295 e. The number of fused-ring (bicyclic) bond motifs is 4. The summed E-state index contributed by atoms with van der Waals surface area (Å²) in [5.41, 5.74) is 0.625. The number of ether oxygens (including phenoxy) is 1. The summed E-state index contributed by atoms with van der Waals surface area (Å²) in [6.45, 7) is 2.00. The summed E-state index contributed by atoms with van der Waals surface area (Å²) in [4.78, 5) is 43.8. The lowest BCUT2D eigenvalue weighted by Crippen LogP contribution is -2.98. The second-order valence-electron chi connectivity index (χ2n) is 8.19. The van der Waals surface area contributed by atoms with Gasteiger partial charge in [0.15, 0.2) is 0 Å². The zero-order valence-corrected chi connectivity index (χ0v) is 17.2. The first-order valence-electron chi connectivity index (χ1n) is 10.2. The topological polar surface area (TPSA) is 83.5 Å². The Hall–Kier alpha value is -3.63. The van der Waals surface area contributed by atoms with Crippen LogP contribution in [0.1, 0.15) is 12.5 Å². The predicted molar refractivity (Wildman–Crippen MR) is 113 cm³/mol. The van der Waals surface area contributed by atoms with E-state index in [1.807, 2.05) is 36.5 Å². The van der Waals surface area contributed by atoms with Crippen molar-refractivity contribution >= 4 is 29.1 Å². The number of nitrogens with zero attached hydrogens (tertiary/aromatic N) is 2. The number of methoxy groups -OCH3 is 1. The monoisotopic (exact) mass is 416 g/mol. The highest BCUT2D eigenvalue weighted by atomic mass is 16.5. The number of terminal acetylenes is 1. The molecule has 4 atom stereocenters. The number of amides is 3. The number of hydrogen-bond donors (Lipinski definition) is 1. The number of nitrogens with two attached hydrogens (primary N) is 1. The molecule has 3 amide bonds. The van der Waals surface area contributed by atoms with Crippen LogP contribution in [0.15, 0.2) is 48.5 Å². The summed E-state index contributed by atoms with van der Waals surface area (Å²) in [6, 6.07) is 14.0. The van der Waals surface area contributed by atoms with Crippen LogP contribution in [0, 0.1) is 24.2 Å². The van der Waals surface area contributed by atoms with Gasteiger partial charge in [-0.05, 0) is 25.1 Å². The summed E-state index contributed by atoms with van der Waals surface area (Å²) in [5.74, 6) is 0.595. The number of benzene rings is 2. The molecule has 0 saturated carbocycles. The molecule has 3 aliphatic heterocycles. The number of para-hydroxylation sites is 3. The lowest BCUT2D eigenvalue weighted by atomic mass is 9.76. The zero-order valence-electron chi connectivity index (χ0n) is 17.2. The molecule has 3 heterocycles. The Morgan fingerprint density at radius 2 is 1.74 bits per heavy atom. The molecule has 31 heavy (non-hydrogen) atoms. The Morgan fingerprint density at radius 3 is 2.45 bits per heavy atom. The van der Waals surface area contributed by atoms with Crippen LogP contribution in [-0.2, 0) is 19.9 Å². The van der Waals surface area contributed by atoms with Crippen molar-refractivity contribution in [2.45, 2.75) is 18.5 Å². The second-order valence-corrected chi connectivity index (χ2v) is 8.19. The van der Waals surface area contributed by atoms with E-state index in [0.717, 1.165) is 5.56 Å². The number of hydrogen-bond acceptors (Lipinski definition) is 4. The van der Waals surface area contributed by atoms with Crippen LogP contribution in [0.4, 0.5) is 11.4 Å². The molecular weight excluding hydrogens is 394 g/mol. The maximum Gasteiger partial charge on any atom is 0.295 e. The third-order valence-electron chi connectivity index (χ3n) is 6.75. The van der Waals surface area contributed by atoms with E-state index in [1.165, 1.54) is 12.0 Å². The van der Waals surface area contributed by atoms with E-state index in [2.05, 4.69) is 5.92 Å². The van der Waals surface area contributed by atoms with Crippen LogP contribution in [0.3, 0.4) is 0 Å². The van der Waals surface area contributed by atoms with Crippen molar-refractivity contribution in [1.82, 2.24) is 0 Å². The molecule has 0 aliphatic carbocycles. The molecule has 5 rings (SSSR count). The van der Waals surface area contributed by atoms with Gasteiger partial charge in [0.25, 0.3) is 5.91 Å². The number of carbonyl (C=O) groups excluding carboxylic acids is 3. The minimum Gasteiger partial charge on any atom is -0.495 e. The molecule has 0 aromatic heterocycles. The molecule has 3 aliphatic rings. The van der Waals surface area contributed by atoms with Crippen LogP contribution in [0.2, 0.25) is 0 Å². The Balaban J connectivity index is 1.68. The summed E-state index contributed by atoms with van der Waals surface area (Å²) in [5, 5.41) is 1.88. The van der Waals surface area contributed by atoms with Gasteiger partial charge in [-0.25, -0.2) is 4.90 Å². The van der Waals surface area contributed by atoms with Gasteiger partial charge in [-0.3, -0.25) is 19.3 Å². The van der Waals surface area contributed by atoms with Crippen molar-refractivity contribution in [1.29, 1.82) is 0 Å². The van der Waals surface area contributed by atoms with Crippen molar-refractivity contribution < 1.29 is 24.4 Å². The highest BCUT2D eigenvalue weighted by Gasteiger charge is 2.74. The molecule has 2 fully saturated rings. The maximum absolute atomic E-state index is 13.8. The van der Waals surface area contributed by atoms with Gasteiger partial charge in [0.2, 0.25) is 17.4 Å². The minimum absolute atomic E-state index is 0.107. The first-order valence-corrected chi connectivity index (χ1v) is 10.2. The van der Waals surface area contributed by atoms with Crippen molar-refractivity contribution in [3.8, 4) is 18.1 Å². The molecule has 2 N–H and O–H groups in total. The maximum atomic E-state index is 13.8. The van der Waals surface area contributed by atoms with Crippen LogP contribution < -0.4 is 19.9 Å². The lowest BCUT2D eigenvalue weighted by Gasteiger charge is -2.27. The first-order chi connectivity index (χ1) is 15.0. The quantitative estimate of drug-likeness (QED) is 0.588. The Kier molecular flexibility index (Phi) is 4.17. The standard InChI is InChI=1S/C24H21N3O4/c1-4-13-26-16-10-6-5-9-15(16)24(23(26)30)20-19(14(2)25-24)21(28)27(22(20)29)17-11-7-8-12-18(17)31-3/h1,5-12,14,19-20,25H,13H2,2-3H3/p+1/t14-,19+,20+,24+/m1/s1. The predicted octanol–water partition coefficient (Wildman–Crippen LogP) is 0.642. The molecule has 1 spiro atoms. The number of imide groups is 1. The van der Waals surface area contributed by atoms with E-state index >= 15 is 0 Å². The van der Waals surface area contributed by atoms with Crippen molar-refractivity contribution in [3.05, 3.63) is 54.1 Å². The third-order valence-corrected chi connectivity index (χ3v) is 6.75. The Labute approximate surface area is 180 Å². The van der Waals surface area contributed by atoms with Gasteiger partial charge in [0.1, 0.15) is 17.6 Å². The van der Waals surface area contributed by atoms with Crippen molar-refractivity contribution in [3.63, 3.8) is 0 Å². The lowest BCUT2D eigenvalue weighted by molar-refractivity contribution is -0.730. The fourth-order valence-corrected chi connectivity index (χ4v) is 5.59. The SMILES string of the molecule is C#CCN1C(=O)[C@]2([NH2+][C@H](C)[C@@H]3C(=O)N(c4ccccc4OC)C(=O)[C@H]32)c2ccccc21. The van der Waals surface area contributed by atoms with Gasteiger partial charge in [-0.2, -0.15) is 0 Å². The van der Waals surface area contributed by atoms with Crippen LogP contribution in [0.5, 0.6) is 5.75 Å². The first kappa shape index (κ1) is 19.3. The van der Waals surface area contributed by atoms with Gasteiger partial charge in [-0.15, -0.1) is 6.42 Å². The molecule has 0 bridgehead atoms.